The minimum absolute atomic E-state index is 1.27. The standard InChI is InChI=1S/C5F4N2/c6-2-1-10-4(8)5(9)11-3(2)7. The van der Waals surface area contributed by atoms with Crippen molar-refractivity contribution in [1.29, 1.82) is 0 Å². The van der Waals surface area contributed by atoms with Gasteiger partial charge in [0, 0.05) is 5.87 Å². The normalized spacial score (nSPS) is 17.8. The summed E-state index contributed by atoms with van der Waals surface area (Å²) in [6.45, 7) is 0. The van der Waals surface area contributed by atoms with E-state index in [9.17, 15) is 17.6 Å². The summed E-state index contributed by atoms with van der Waals surface area (Å²) in [5, 5.41) is 0. The summed E-state index contributed by atoms with van der Waals surface area (Å²) in [6.07, 6.45) is 0. The number of rotatable bonds is 0. The second kappa shape index (κ2) is 2.67. The van der Waals surface area contributed by atoms with Crippen LogP contribution >= 0.6 is 0 Å². The summed E-state index contributed by atoms with van der Waals surface area (Å²) < 4.78 is 48.1. The van der Waals surface area contributed by atoms with Gasteiger partial charge < -0.3 is 0 Å². The molecule has 0 saturated heterocycles. The Balaban J connectivity index is 3.23. The Hall–Kier alpha value is -1.42. The van der Waals surface area contributed by atoms with Gasteiger partial charge in [0.25, 0.3) is 17.9 Å². The Labute approximate surface area is 58.3 Å². The van der Waals surface area contributed by atoms with Gasteiger partial charge in [-0.2, -0.15) is 27.5 Å². The first-order valence-electron chi connectivity index (χ1n) is 2.40. The average Bonchev–Trinajstić information content (AvgIpc) is 2.05. The van der Waals surface area contributed by atoms with E-state index in [0.29, 0.717) is 0 Å². The van der Waals surface area contributed by atoms with Crippen molar-refractivity contribution in [1.82, 2.24) is 0 Å². The van der Waals surface area contributed by atoms with Crippen molar-refractivity contribution in [2.45, 2.75) is 0 Å². The van der Waals surface area contributed by atoms with Crippen molar-refractivity contribution >= 4 is 11.8 Å². The molecule has 0 aromatic carbocycles. The number of hydrogen-bond donors (Lipinski definition) is 0. The Morgan fingerprint density at radius 1 is 1.00 bits per heavy atom. The first-order valence-corrected chi connectivity index (χ1v) is 2.40. The molecule has 58 valence electrons. The molecule has 0 amide bonds. The molecule has 1 heterocycles. The molecule has 1 aliphatic rings. The summed E-state index contributed by atoms with van der Waals surface area (Å²) in [4.78, 5) is 4.72. The molecular weight excluding hydrogens is 164 g/mol. The van der Waals surface area contributed by atoms with Gasteiger partial charge in [-0.1, -0.05) is 0 Å². The van der Waals surface area contributed by atoms with E-state index in [1.165, 1.54) is 5.87 Å². The summed E-state index contributed by atoms with van der Waals surface area (Å²) >= 11 is 0. The first-order chi connectivity index (χ1) is 5.11. The van der Waals surface area contributed by atoms with Crippen LogP contribution in [0.3, 0.4) is 0 Å². The van der Waals surface area contributed by atoms with Crippen LogP contribution in [0.15, 0.2) is 27.7 Å². The van der Waals surface area contributed by atoms with Crippen molar-refractivity contribution < 1.29 is 17.6 Å². The molecule has 0 aromatic rings. The third-order valence-corrected chi connectivity index (χ3v) is 0.800. The Bertz CT molecular complexity index is 308. The van der Waals surface area contributed by atoms with Crippen LogP contribution < -0.4 is 0 Å². The number of nitrogens with zero attached hydrogens (tertiary/aromatic N) is 2. The van der Waals surface area contributed by atoms with Crippen LogP contribution in [0.25, 0.3) is 0 Å². The highest BCUT2D eigenvalue weighted by molar-refractivity contribution is 5.99. The van der Waals surface area contributed by atoms with Crippen LogP contribution in [0.5, 0.6) is 0 Å². The zero-order valence-electron chi connectivity index (χ0n) is 4.91. The minimum atomic E-state index is -1.80. The highest BCUT2D eigenvalue weighted by Gasteiger charge is 2.13. The van der Waals surface area contributed by atoms with Crippen molar-refractivity contribution in [3.8, 4) is 0 Å². The maximum atomic E-state index is 12.0. The highest BCUT2D eigenvalue weighted by Crippen LogP contribution is 2.15. The van der Waals surface area contributed by atoms with Crippen LogP contribution in [-0.2, 0) is 0 Å². The van der Waals surface area contributed by atoms with E-state index >= 15 is 0 Å². The van der Waals surface area contributed by atoms with Crippen LogP contribution in [0.1, 0.15) is 0 Å². The number of allylic oxidation sites excluding steroid dienone is 1. The third kappa shape index (κ3) is 1.53. The zero-order valence-corrected chi connectivity index (χ0v) is 4.91. The second-order valence-corrected chi connectivity index (χ2v) is 1.52. The van der Waals surface area contributed by atoms with E-state index in [4.69, 9.17) is 0 Å². The first kappa shape index (κ1) is 7.68. The molecule has 0 unspecified atom stereocenters. The molecule has 6 heteroatoms. The summed E-state index contributed by atoms with van der Waals surface area (Å²) in [7, 11) is 0. The largest absolute Gasteiger partial charge is 0.276 e. The second-order valence-electron chi connectivity index (χ2n) is 1.52. The molecule has 0 saturated carbocycles. The van der Waals surface area contributed by atoms with Gasteiger partial charge in [-0.25, -0.2) is 0 Å². The van der Waals surface area contributed by atoms with Crippen LogP contribution in [-0.4, -0.2) is 11.8 Å². The highest BCUT2D eigenvalue weighted by atomic mass is 19.2. The quantitative estimate of drug-likeness (QED) is 0.386. The van der Waals surface area contributed by atoms with E-state index in [2.05, 4.69) is 9.98 Å². The van der Waals surface area contributed by atoms with Gasteiger partial charge in [-0.05, 0) is 0 Å². The lowest BCUT2D eigenvalue weighted by Crippen LogP contribution is -1.88. The van der Waals surface area contributed by atoms with E-state index in [-0.39, 0.29) is 0 Å². The van der Waals surface area contributed by atoms with Crippen molar-refractivity contribution in [2.75, 3.05) is 0 Å². The number of hydrogen-bond acceptors (Lipinski definition) is 2. The lowest BCUT2D eigenvalue weighted by molar-refractivity contribution is 0.523. The molecule has 0 aliphatic carbocycles. The predicted octanol–water partition coefficient (Wildman–Crippen LogP) is 1.96. The Morgan fingerprint density at radius 2 is 1.64 bits per heavy atom. The fourth-order valence-corrected chi connectivity index (χ4v) is 0.372. The Kier molecular flexibility index (Phi) is 1.87. The van der Waals surface area contributed by atoms with Gasteiger partial charge in [0.05, 0.1) is 0 Å². The van der Waals surface area contributed by atoms with Gasteiger partial charge >= 0.3 is 0 Å². The Morgan fingerprint density at radius 3 is 2.27 bits per heavy atom. The molecule has 0 fully saturated rings. The van der Waals surface area contributed by atoms with E-state index < -0.39 is 23.7 Å². The van der Waals surface area contributed by atoms with E-state index in [0.717, 1.165) is 0 Å². The van der Waals surface area contributed by atoms with Crippen molar-refractivity contribution in [3.05, 3.63) is 17.7 Å². The van der Waals surface area contributed by atoms with Crippen molar-refractivity contribution in [2.24, 2.45) is 9.98 Å². The van der Waals surface area contributed by atoms with Gasteiger partial charge in [-0.15, -0.1) is 0 Å². The van der Waals surface area contributed by atoms with Gasteiger partial charge in [-0.3, -0.25) is 0 Å². The summed E-state index contributed by atoms with van der Waals surface area (Å²) in [5.41, 5.74) is 0. The molecule has 0 aromatic heterocycles. The molecule has 0 atom stereocenters. The number of halogens is 4. The fourth-order valence-electron chi connectivity index (χ4n) is 0.372. The average molecular weight is 164 g/mol. The molecule has 1 aliphatic heterocycles. The number of aliphatic imine (C=N–C) groups is 2. The molecule has 0 spiro atoms. The van der Waals surface area contributed by atoms with Crippen molar-refractivity contribution in [3.63, 3.8) is 0 Å². The summed E-state index contributed by atoms with van der Waals surface area (Å²) in [5.74, 6) is -5.64. The minimum Gasteiger partial charge on any atom is -0.191 e. The lowest BCUT2D eigenvalue weighted by atomic mass is 10.6. The predicted molar refractivity (Wildman–Crippen MR) is 29.8 cm³/mol. The van der Waals surface area contributed by atoms with E-state index in [1.54, 1.807) is 0 Å². The third-order valence-electron chi connectivity index (χ3n) is 0.800. The topological polar surface area (TPSA) is 24.7 Å². The maximum absolute atomic E-state index is 12.0. The van der Waals surface area contributed by atoms with Gasteiger partial charge in [0.2, 0.25) is 5.83 Å². The molecule has 0 bridgehead atoms. The molecule has 0 N–H and O–H groups in total. The summed E-state index contributed by atoms with van der Waals surface area (Å²) in [6, 6.07) is 0. The van der Waals surface area contributed by atoms with Crippen LogP contribution in [0, 0.1) is 0 Å². The van der Waals surface area contributed by atoms with Gasteiger partial charge in [0.1, 0.15) is 0 Å². The monoisotopic (exact) mass is 164 g/mol. The molecular formula is C5F4N2. The molecule has 0 radical (unpaired) electrons. The van der Waals surface area contributed by atoms with Crippen LogP contribution in [0.4, 0.5) is 17.6 Å². The van der Waals surface area contributed by atoms with E-state index in [1.807, 2.05) is 0 Å². The molecule has 11 heavy (non-hydrogen) atoms. The molecule has 2 nitrogen and oxygen atoms in total. The maximum Gasteiger partial charge on any atom is 0.276 e. The SMILES string of the molecule is FC1=C=NC(F)=C(F)N=C1F. The smallest absolute Gasteiger partial charge is 0.191 e. The fraction of sp³-hybridized carbons (Fsp3) is 0. The van der Waals surface area contributed by atoms with Gasteiger partial charge in [0.15, 0.2) is 0 Å². The lowest BCUT2D eigenvalue weighted by Gasteiger charge is -1.84. The zero-order chi connectivity index (χ0) is 8.43. The molecule has 1 rings (SSSR count). The van der Waals surface area contributed by atoms with Crippen LogP contribution in [0.2, 0.25) is 0 Å².